The van der Waals surface area contributed by atoms with Crippen LogP contribution in [0.15, 0.2) is 36.4 Å². The van der Waals surface area contributed by atoms with Crippen LogP contribution in [0.4, 0.5) is 17.2 Å². The van der Waals surface area contributed by atoms with Gasteiger partial charge in [-0.2, -0.15) is 15.3 Å². The molecule has 2 aromatic heterocycles. The Balaban J connectivity index is 1.85. The van der Waals surface area contributed by atoms with Gasteiger partial charge in [-0.05, 0) is 44.2 Å². The van der Waals surface area contributed by atoms with Gasteiger partial charge in [-0.25, -0.2) is 4.68 Å². The number of nitrogens with one attached hydrogen (secondary N) is 1. The largest absolute Gasteiger partial charge is 0.492 e. The van der Waals surface area contributed by atoms with E-state index in [1.54, 1.807) is 0 Å². The lowest BCUT2D eigenvalue weighted by Gasteiger charge is -2.10. The molecular formula is C17H16N6O. The number of rotatable bonds is 3. The number of anilines is 3. The Morgan fingerprint density at radius 1 is 1.21 bits per heavy atom. The monoisotopic (exact) mass is 320 g/mol. The van der Waals surface area contributed by atoms with Gasteiger partial charge in [0.1, 0.15) is 17.5 Å². The molecule has 0 saturated carbocycles. The fourth-order valence-electron chi connectivity index (χ4n) is 2.45. The molecule has 120 valence electrons. The van der Waals surface area contributed by atoms with Crippen LogP contribution >= 0.6 is 0 Å². The lowest BCUT2D eigenvalue weighted by molar-refractivity contribution is 0.453. The minimum absolute atomic E-state index is 0.0274. The van der Waals surface area contributed by atoms with Crippen molar-refractivity contribution in [2.45, 2.75) is 13.8 Å². The highest BCUT2D eigenvalue weighted by molar-refractivity contribution is 5.67. The van der Waals surface area contributed by atoms with Crippen LogP contribution in [-0.2, 0) is 0 Å². The van der Waals surface area contributed by atoms with Gasteiger partial charge in [-0.15, -0.1) is 0 Å². The molecular weight excluding hydrogens is 304 g/mol. The van der Waals surface area contributed by atoms with E-state index >= 15 is 0 Å². The molecule has 1 aromatic carbocycles. The van der Waals surface area contributed by atoms with Crippen molar-refractivity contribution in [3.05, 3.63) is 53.3 Å². The number of aryl methyl sites for hydroxylation is 2. The van der Waals surface area contributed by atoms with E-state index in [-0.39, 0.29) is 17.1 Å². The third kappa shape index (κ3) is 2.85. The van der Waals surface area contributed by atoms with Crippen LogP contribution < -0.4 is 11.1 Å². The molecule has 2 heterocycles. The van der Waals surface area contributed by atoms with Gasteiger partial charge in [0, 0.05) is 17.4 Å². The van der Waals surface area contributed by atoms with Crippen LogP contribution in [0, 0.1) is 25.2 Å². The fraction of sp³-hybridized carbons (Fsp3) is 0.118. The van der Waals surface area contributed by atoms with Gasteiger partial charge >= 0.3 is 0 Å². The normalized spacial score (nSPS) is 10.4. The maximum Gasteiger partial charge on any atom is 0.233 e. The van der Waals surface area contributed by atoms with Crippen molar-refractivity contribution in [2.75, 3.05) is 11.1 Å². The fourth-order valence-corrected chi connectivity index (χ4v) is 2.45. The highest BCUT2D eigenvalue weighted by Crippen LogP contribution is 2.26. The molecule has 0 saturated heterocycles. The predicted octanol–water partition coefficient (Wildman–Crippen LogP) is 2.79. The van der Waals surface area contributed by atoms with E-state index in [0.29, 0.717) is 5.82 Å². The lowest BCUT2D eigenvalue weighted by atomic mass is 10.2. The molecule has 0 unspecified atom stereocenters. The van der Waals surface area contributed by atoms with Crippen LogP contribution in [0.1, 0.15) is 17.0 Å². The van der Waals surface area contributed by atoms with Gasteiger partial charge in [0.25, 0.3) is 0 Å². The minimum Gasteiger partial charge on any atom is -0.492 e. The van der Waals surface area contributed by atoms with Crippen molar-refractivity contribution >= 4 is 17.2 Å². The van der Waals surface area contributed by atoms with Crippen LogP contribution in [0.3, 0.4) is 0 Å². The van der Waals surface area contributed by atoms with Crippen molar-refractivity contribution in [1.82, 2.24) is 14.8 Å². The molecule has 0 amide bonds. The van der Waals surface area contributed by atoms with Crippen molar-refractivity contribution in [3.8, 4) is 17.6 Å². The molecule has 0 aliphatic carbocycles. The molecule has 0 spiro atoms. The van der Waals surface area contributed by atoms with Crippen molar-refractivity contribution in [2.24, 2.45) is 0 Å². The summed E-state index contributed by atoms with van der Waals surface area (Å²) >= 11 is 0. The number of benzene rings is 1. The number of nitrogens with zero attached hydrogens (tertiary/aromatic N) is 4. The van der Waals surface area contributed by atoms with Gasteiger partial charge < -0.3 is 16.2 Å². The summed E-state index contributed by atoms with van der Waals surface area (Å²) in [6.07, 6.45) is 0. The first-order valence-electron chi connectivity index (χ1n) is 7.28. The van der Waals surface area contributed by atoms with Crippen LogP contribution in [-0.4, -0.2) is 19.9 Å². The zero-order valence-electron chi connectivity index (χ0n) is 13.3. The second-order valence-corrected chi connectivity index (χ2v) is 5.42. The van der Waals surface area contributed by atoms with E-state index in [1.165, 1.54) is 6.07 Å². The highest BCUT2D eigenvalue weighted by Gasteiger charge is 2.10. The third-order valence-electron chi connectivity index (χ3n) is 3.54. The summed E-state index contributed by atoms with van der Waals surface area (Å²) in [6.45, 7) is 3.95. The lowest BCUT2D eigenvalue weighted by Crippen LogP contribution is -2.01. The predicted molar refractivity (Wildman–Crippen MR) is 91.3 cm³/mol. The van der Waals surface area contributed by atoms with E-state index < -0.39 is 0 Å². The highest BCUT2D eigenvalue weighted by atomic mass is 16.3. The third-order valence-corrected chi connectivity index (χ3v) is 3.54. The van der Waals surface area contributed by atoms with Gasteiger partial charge in [-0.3, -0.25) is 0 Å². The molecule has 3 aromatic rings. The molecule has 0 radical (unpaired) electrons. The number of pyridine rings is 1. The molecule has 3 rings (SSSR count). The minimum atomic E-state index is -0.390. The summed E-state index contributed by atoms with van der Waals surface area (Å²) in [7, 11) is 0. The summed E-state index contributed by atoms with van der Waals surface area (Å²) < 4.78 is 1.86. The zero-order valence-corrected chi connectivity index (χ0v) is 13.3. The molecule has 24 heavy (non-hydrogen) atoms. The standard InChI is InChI=1S/C17H16N6O/c1-10-7-11(2)23(22-10)13-5-3-12(4-6-13)20-16-8-15(19)14(9-18)17(24)21-16/h3-8H,1-2H3,(H4,19,20,21,24). The molecule has 0 atom stereocenters. The summed E-state index contributed by atoms with van der Waals surface area (Å²) in [5.74, 6) is -0.0258. The summed E-state index contributed by atoms with van der Waals surface area (Å²) in [5.41, 5.74) is 9.61. The number of nitrogens with two attached hydrogens (primary N) is 1. The molecule has 0 aliphatic heterocycles. The van der Waals surface area contributed by atoms with Gasteiger partial charge in [-0.1, -0.05) is 0 Å². The second kappa shape index (κ2) is 5.93. The van der Waals surface area contributed by atoms with E-state index in [1.807, 2.05) is 54.9 Å². The Morgan fingerprint density at radius 2 is 1.92 bits per heavy atom. The van der Waals surface area contributed by atoms with Gasteiger partial charge in [0.05, 0.1) is 17.1 Å². The van der Waals surface area contributed by atoms with Crippen LogP contribution in [0.5, 0.6) is 5.88 Å². The topological polar surface area (TPSA) is 113 Å². The molecule has 7 heteroatoms. The van der Waals surface area contributed by atoms with Crippen LogP contribution in [0.25, 0.3) is 5.69 Å². The van der Waals surface area contributed by atoms with E-state index in [0.717, 1.165) is 22.8 Å². The van der Waals surface area contributed by atoms with Gasteiger partial charge in [0.15, 0.2) is 0 Å². The Kier molecular flexibility index (Phi) is 3.80. The molecule has 0 fully saturated rings. The Labute approximate surface area is 139 Å². The first-order valence-corrected chi connectivity index (χ1v) is 7.28. The van der Waals surface area contributed by atoms with Crippen molar-refractivity contribution in [3.63, 3.8) is 0 Å². The first kappa shape index (κ1) is 15.4. The number of nitrogen functional groups attached to an aromatic ring is 1. The number of nitriles is 1. The van der Waals surface area contributed by atoms with E-state index in [9.17, 15) is 5.11 Å². The van der Waals surface area contributed by atoms with Crippen molar-refractivity contribution in [1.29, 1.82) is 5.26 Å². The Bertz CT molecular complexity index is 914. The van der Waals surface area contributed by atoms with Crippen molar-refractivity contribution < 1.29 is 5.11 Å². The van der Waals surface area contributed by atoms with E-state index in [2.05, 4.69) is 15.4 Å². The Hall–Kier alpha value is -3.53. The summed E-state index contributed by atoms with van der Waals surface area (Å²) in [5, 5.41) is 26.1. The molecule has 0 aliphatic rings. The smallest absolute Gasteiger partial charge is 0.233 e. The first-order chi connectivity index (χ1) is 11.5. The molecule has 4 N–H and O–H groups in total. The average Bonchev–Trinajstić information content (AvgIpc) is 2.86. The number of aromatic hydroxyl groups is 1. The van der Waals surface area contributed by atoms with Crippen LogP contribution in [0.2, 0.25) is 0 Å². The molecule has 0 bridgehead atoms. The number of hydrogen-bond acceptors (Lipinski definition) is 6. The molecule has 7 nitrogen and oxygen atoms in total. The summed E-state index contributed by atoms with van der Waals surface area (Å²) in [6, 6.07) is 12.9. The quantitative estimate of drug-likeness (QED) is 0.684. The second-order valence-electron chi connectivity index (χ2n) is 5.42. The van der Waals surface area contributed by atoms with E-state index in [4.69, 9.17) is 11.0 Å². The summed E-state index contributed by atoms with van der Waals surface area (Å²) in [4.78, 5) is 3.92. The van der Waals surface area contributed by atoms with Gasteiger partial charge in [0.2, 0.25) is 5.88 Å². The Morgan fingerprint density at radius 3 is 2.46 bits per heavy atom. The zero-order chi connectivity index (χ0) is 17.3. The SMILES string of the molecule is Cc1cc(C)n(-c2ccc(Nc3cc(N)c(C#N)c(O)n3)cc2)n1. The maximum absolute atomic E-state index is 9.71. The average molecular weight is 320 g/mol. The number of aromatic nitrogens is 3. The number of hydrogen-bond donors (Lipinski definition) is 3. The maximum atomic E-state index is 9.71.